The highest BCUT2D eigenvalue weighted by molar-refractivity contribution is 5.65. The van der Waals surface area contributed by atoms with Gasteiger partial charge in [-0.1, -0.05) is 37.6 Å². The number of carboxylic acid groups (broad SMARTS) is 1. The highest BCUT2D eigenvalue weighted by Gasteiger charge is 2.20. The maximum atomic E-state index is 11.0. The lowest BCUT2D eigenvalue weighted by Crippen LogP contribution is -2.47. The van der Waals surface area contributed by atoms with E-state index in [9.17, 15) is 4.79 Å². The Balaban J connectivity index is 1.55. The average Bonchev–Trinajstić information content (AvgIpc) is 2.68. The minimum atomic E-state index is -0.828. The van der Waals surface area contributed by atoms with Gasteiger partial charge in [0.2, 0.25) is 0 Å². The molecule has 0 atom stereocenters. The molecule has 1 saturated heterocycles. The number of ether oxygens (including phenoxy) is 1. The number of unbranched alkanes of at least 4 members (excludes halogenated alkanes) is 1. The summed E-state index contributed by atoms with van der Waals surface area (Å²) >= 11 is 0. The second-order valence-electron chi connectivity index (χ2n) is 7.04. The standard InChI is InChI=1S/C22H28N2O3/c1-2-3-5-18-8-10-20(11-9-18)27-21-7-4-6-19(16-21)17-23-12-14-24(15-13-23)22(25)26/h4,6-11,16H,2-3,5,12-15,17H2,1H3,(H,25,26). The molecule has 0 aliphatic carbocycles. The van der Waals surface area contributed by atoms with E-state index in [0.29, 0.717) is 13.1 Å². The molecule has 1 amide bonds. The lowest BCUT2D eigenvalue weighted by atomic mass is 10.1. The van der Waals surface area contributed by atoms with Gasteiger partial charge >= 0.3 is 6.09 Å². The van der Waals surface area contributed by atoms with Crippen LogP contribution in [0.4, 0.5) is 4.79 Å². The first-order valence-electron chi connectivity index (χ1n) is 9.70. The van der Waals surface area contributed by atoms with Gasteiger partial charge in [-0.05, 0) is 48.2 Å². The van der Waals surface area contributed by atoms with Gasteiger partial charge in [0.1, 0.15) is 11.5 Å². The number of amides is 1. The van der Waals surface area contributed by atoms with Gasteiger partial charge < -0.3 is 14.7 Å². The van der Waals surface area contributed by atoms with Gasteiger partial charge in [-0.3, -0.25) is 4.90 Å². The molecule has 2 aromatic rings. The Morgan fingerprint density at radius 2 is 1.74 bits per heavy atom. The Bertz CT molecular complexity index is 737. The molecule has 1 fully saturated rings. The van der Waals surface area contributed by atoms with E-state index in [1.807, 2.05) is 24.3 Å². The number of piperazine rings is 1. The topological polar surface area (TPSA) is 53.0 Å². The molecule has 0 spiro atoms. The summed E-state index contributed by atoms with van der Waals surface area (Å²) in [6, 6.07) is 16.5. The van der Waals surface area contributed by atoms with Crippen LogP contribution in [0.25, 0.3) is 0 Å². The van der Waals surface area contributed by atoms with Crippen molar-refractivity contribution < 1.29 is 14.6 Å². The third-order valence-corrected chi connectivity index (χ3v) is 4.93. The molecule has 1 N–H and O–H groups in total. The maximum Gasteiger partial charge on any atom is 0.407 e. The minimum absolute atomic E-state index is 0.565. The molecule has 5 nitrogen and oxygen atoms in total. The predicted octanol–water partition coefficient (Wildman–Crippen LogP) is 4.62. The van der Waals surface area contributed by atoms with Gasteiger partial charge in [0.15, 0.2) is 0 Å². The molecular weight excluding hydrogens is 340 g/mol. The van der Waals surface area contributed by atoms with Crippen LogP contribution in [-0.4, -0.2) is 47.2 Å². The molecule has 1 aliphatic heterocycles. The van der Waals surface area contributed by atoms with Crippen molar-refractivity contribution in [3.05, 3.63) is 59.7 Å². The molecule has 1 heterocycles. The Morgan fingerprint density at radius 1 is 1.00 bits per heavy atom. The first-order valence-corrected chi connectivity index (χ1v) is 9.70. The van der Waals surface area contributed by atoms with Crippen molar-refractivity contribution in [2.45, 2.75) is 32.7 Å². The molecule has 2 aromatic carbocycles. The van der Waals surface area contributed by atoms with Crippen LogP contribution >= 0.6 is 0 Å². The number of benzene rings is 2. The van der Waals surface area contributed by atoms with Crippen LogP contribution in [-0.2, 0) is 13.0 Å². The highest BCUT2D eigenvalue weighted by atomic mass is 16.5. The summed E-state index contributed by atoms with van der Waals surface area (Å²) in [4.78, 5) is 14.8. The molecule has 1 aliphatic rings. The fraction of sp³-hybridized carbons (Fsp3) is 0.409. The number of aryl methyl sites for hydroxylation is 1. The number of hydrogen-bond acceptors (Lipinski definition) is 3. The summed E-state index contributed by atoms with van der Waals surface area (Å²) in [5.41, 5.74) is 2.52. The van der Waals surface area contributed by atoms with Gasteiger partial charge in [0.25, 0.3) is 0 Å². The smallest absolute Gasteiger partial charge is 0.407 e. The summed E-state index contributed by atoms with van der Waals surface area (Å²) in [5, 5.41) is 9.04. The van der Waals surface area contributed by atoms with Crippen molar-refractivity contribution >= 4 is 6.09 Å². The van der Waals surface area contributed by atoms with E-state index in [1.54, 1.807) is 0 Å². The number of rotatable bonds is 7. The Kier molecular flexibility index (Phi) is 6.71. The van der Waals surface area contributed by atoms with E-state index in [-0.39, 0.29) is 0 Å². The zero-order valence-electron chi connectivity index (χ0n) is 15.9. The largest absolute Gasteiger partial charge is 0.465 e. The molecular formula is C22H28N2O3. The number of carbonyl (C=O) groups is 1. The van der Waals surface area contributed by atoms with Crippen LogP contribution in [0.3, 0.4) is 0 Å². The minimum Gasteiger partial charge on any atom is -0.465 e. The van der Waals surface area contributed by atoms with Gasteiger partial charge in [0, 0.05) is 32.7 Å². The van der Waals surface area contributed by atoms with Crippen molar-refractivity contribution in [1.82, 2.24) is 9.80 Å². The van der Waals surface area contributed by atoms with Crippen LogP contribution in [0.5, 0.6) is 11.5 Å². The monoisotopic (exact) mass is 368 g/mol. The van der Waals surface area contributed by atoms with E-state index >= 15 is 0 Å². The first kappa shape index (κ1) is 19.2. The lowest BCUT2D eigenvalue weighted by Gasteiger charge is -2.33. The predicted molar refractivity (Wildman–Crippen MR) is 106 cm³/mol. The van der Waals surface area contributed by atoms with E-state index in [1.165, 1.54) is 28.9 Å². The number of hydrogen-bond donors (Lipinski definition) is 1. The molecule has 0 saturated carbocycles. The van der Waals surface area contributed by atoms with Crippen LogP contribution in [0, 0.1) is 0 Å². The van der Waals surface area contributed by atoms with E-state index < -0.39 is 6.09 Å². The molecule has 27 heavy (non-hydrogen) atoms. The summed E-state index contributed by atoms with van der Waals surface area (Å²) in [6.07, 6.45) is 2.70. The zero-order chi connectivity index (χ0) is 19.1. The van der Waals surface area contributed by atoms with Crippen molar-refractivity contribution in [3.8, 4) is 11.5 Å². The third kappa shape index (κ3) is 5.73. The second kappa shape index (κ2) is 9.42. The van der Waals surface area contributed by atoms with E-state index in [0.717, 1.165) is 37.6 Å². The molecule has 5 heteroatoms. The van der Waals surface area contributed by atoms with Gasteiger partial charge in [0.05, 0.1) is 0 Å². The SMILES string of the molecule is CCCCc1ccc(Oc2cccc(CN3CCN(C(=O)O)CC3)c2)cc1. The maximum absolute atomic E-state index is 11.0. The average molecular weight is 368 g/mol. The first-order chi connectivity index (χ1) is 13.1. The quantitative estimate of drug-likeness (QED) is 0.775. The second-order valence-corrected chi connectivity index (χ2v) is 7.04. The van der Waals surface area contributed by atoms with Crippen molar-refractivity contribution in [3.63, 3.8) is 0 Å². The Labute approximate surface area is 161 Å². The highest BCUT2D eigenvalue weighted by Crippen LogP contribution is 2.24. The summed E-state index contributed by atoms with van der Waals surface area (Å²) in [7, 11) is 0. The molecule has 0 aromatic heterocycles. The van der Waals surface area contributed by atoms with Crippen LogP contribution in [0.15, 0.2) is 48.5 Å². The number of nitrogens with zero attached hydrogens (tertiary/aromatic N) is 2. The van der Waals surface area contributed by atoms with Gasteiger partial charge in [-0.15, -0.1) is 0 Å². The van der Waals surface area contributed by atoms with Crippen molar-refractivity contribution in [1.29, 1.82) is 0 Å². The molecule has 0 radical (unpaired) electrons. The summed E-state index contributed by atoms with van der Waals surface area (Å²) in [6.45, 7) is 5.66. The lowest BCUT2D eigenvalue weighted by molar-refractivity contribution is 0.103. The van der Waals surface area contributed by atoms with Gasteiger partial charge in [-0.2, -0.15) is 0 Å². The molecule has 3 rings (SSSR count). The normalized spacial score (nSPS) is 14.9. The third-order valence-electron chi connectivity index (χ3n) is 4.93. The van der Waals surface area contributed by atoms with Crippen molar-refractivity contribution in [2.24, 2.45) is 0 Å². The van der Waals surface area contributed by atoms with E-state index in [2.05, 4.69) is 36.1 Å². The fourth-order valence-corrected chi connectivity index (χ4v) is 3.30. The van der Waals surface area contributed by atoms with Crippen LogP contribution in [0.1, 0.15) is 30.9 Å². The molecule has 144 valence electrons. The van der Waals surface area contributed by atoms with Crippen LogP contribution in [0.2, 0.25) is 0 Å². The summed E-state index contributed by atoms with van der Waals surface area (Å²) in [5.74, 6) is 1.68. The Hall–Kier alpha value is -2.53. The molecule has 0 unspecified atom stereocenters. The van der Waals surface area contributed by atoms with E-state index in [4.69, 9.17) is 9.84 Å². The molecule has 0 bridgehead atoms. The zero-order valence-corrected chi connectivity index (χ0v) is 15.9. The van der Waals surface area contributed by atoms with Gasteiger partial charge in [-0.25, -0.2) is 4.79 Å². The van der Waals surface area contributed by atoms with Crippen molar-refractivity contribution in [2.75, 3.05) is 26.2 Å². The summed E-state index contributed by atoms with van der Waals surface area (Å²) < 4.78 is 6.01. The Morgan fingerprint density at radius 3 is 2.41 bits per heavy atom. The van der Waals surface area contributed by atoms with Crippen LogP contribution < -0.4 is 4.74 Å². The fourth-order valence-electron chi connectivity index (χ4n) is 3.30.